The standard InChI is InChI=1S/C11H13FN2O/c12-9-6-2-5-8(10(9)13)11(15)14-7-3-1-4-7/h2,5-7H,1,3-4,13H2,(H,14,15). The van der Waals surface area contributed by atoms with Crippen molar-refractivity contribution in [2.45, 2.75) is 25.3 Å². The maximum Gasteiger partial charge on any atom is 0.253 e. The molecule has 1 saturated carbocycles. The SMILES string of the molecule is Nc1c(F)cccc1C(=O)NC1CCC1. The lowest BCUT2D eigenvalue weighted by Gasteiger charge is -2.26. The van der Waals surface area contributed by atoms with E-state index < -0.39 is 5.82 Å². The van der Waals surface area contributed by atoms with Crippen molar-refractivity contribution in [3.05, 3.63) is 29.6 Å². The van der Waals surface area contributed by atoms with Crippen LogP contribution in [0.3, 0.4) is 0 Å². The molecule has 4 heteroatoms. The number of hydrogen-bond donors (Lipinski definition) is 2. The van der Waals surface area contributed by atoms with Crippen molar-refractivity contribution < 1.29 is 9.18 Å². The van der Waals surface area contributed by atoms with Crippen LogP contribution in [-0.4, -0.2) is 11.9 Å². The van der Waals surface area contributed by atoms with Gasteiger partial charge in [0.15, 0.2) is 0 Å². The third-order valence-electron chi connectivity index (χ3n) is 2.74. The first-order valence-corrected chi connectivity index (χ1v) is 5.03. The fourth-order valence-corrected chi connectivity index (χ4v) is 1.55. The number of nitrogens with two attached hydrogens (primary N) is 1. The summed E-state index contributed by atoms with van der Waals surface area (Å²) < 4.78 is 13.1. The van der Waals surface area contributed by atoms with Gasteiger partial charge >= 0.3 is 0 Å². The number of carbonyl (C=O) groups is 1. The lowest BCUT2D eigenvalue weighted by molar-refractivity contribution is 0.0917. The minimum atomic E-state index is -0.545. The van der Waals surface area contributed by atoms with Crippen molar-refractivity contribution in [2.75, 3.05) is 5.73 Å². The van der Waals surface area contributed by atoms with Crippen molar-refractivity contribution in [3.8, 4) is 0 Å². The molecule has 1 aliphatic carbocycles. The predicted molar refractivity (Wildman–Crippen MR) is 55.9 cm³/mol. The summed E-state index contributed by atoms with van der Waals surface area (Å²) in [6.07, 6.45) is 3.14. The number of nitrogens with one attached hydrogen (secondary N) is 1. The quantitative estimate of drug-likeness (QED) is 0.727. The number of benzene rings is 1. The molecule has 0 atom stereocenters. The maximum atomic E-state index is 13.1. The Morgan fingerprint density at radius 2 is 2.20 bits per heavy atom. The molecule has 0 unspecified atom stereocenters. The molecule has 0 heterocycles. The second-order valence-electron chi connectivity index (χ2n) is 3.80. The van der Waals surface area contributed by atoms with E-state index in [9.17, 15) is 9.18 Å². The number of para-hydroxylation sites is 1. The predicted octanol–water partition coefficient (Wildman–Crippen LogP) is 1.69. The monoisotopic (exact) mass is 208 g/mol. The molecule has 0 aliphatic heterocycles. The average molecular weight is 208 g/mol. The van der Waals surface area contributed by atoms with E-state index in [0.29, 0.717) is 0 Å². The number of hydrogen-bond acceptors (Lipinski definition) is 2. The van der Waals surface area contributed by atoms with Crippen LogP contribution in [0.15, 0.2) is 18.2 Å². The Morgan fingerprint density at radius 1 is 1.47 bits per heavy atom. The van der Waals surface area contributed by atoms with Crippen LogP contribution in [0.5, 0.6) is 0 Å². The summed E-state index contributed by atoms with van der Waals surface area (Å²) in [4.78, 5) is 11.7. The largest absolute Gasteiger partial charge is 0.396 e. The molecule has 1 aromatic rings. The van der Waals surface area contributed by atoms with Gasteiger partial charge in [-0.25, -0.2) is 4.39 Å². The van der Waals surface area contributed by atoms with Crippen molar-refractivity contribution in [1.29, 1.82) is 0 Å². The molecule has 1 amide bonds. The van der Waals surface area contributed by atoms with Crippen LogP contribution in [0.4, 0.5) is 10.1 Å². The summed E-state index contributed by atoms with van der Waals surface area (Å²) in [5.74, 6) is -0.826. The smallest absolute Gasteiger partial charge is 0.253 e. The van der Waals surface area contributed by atoms with Gasteiger partial charge < -0.3 is 11.1 Å². The van der Waals surface area contributed by atoms with Gasteiger partial charge in [0.1, 0.15) is 5.82 Å². The highest BCUT2D eigenvalue weighted by Gasteiger charge is 2.21. The van der Waals surface area contributed by atoms with E-state index >= 15 is 0 Å². The first kappa shape index (κ1) is 9.96. The minimum absolute atomic E-state index is 0.0747. The van der Waals surface area contributed by atoms with E-state index in [1.54, 1.807) is 0 Å². The minimum Gasteiger partial charge on any atom is -0.396 e. The van der Waals surface area contributed by atoms with Crippen LogP contribution in [0, 0.1) is 5.82 Å². The third kappa shape index (κ3) is 1.93. The zero-order valence-electron chi connectivity index (χ0n) is 8.29. The van der Waals surface area contributed by atoms with Crippen LogP contribution < -0.4 is 11.1 Å². The molecule has 15 heavy (non-hydrogen) atoms. The van der Waals surface area contributed by atoms with E-state index in [1.165, 1.54) is 18.2 Å². The van der Waals surface area contributed by atoms with Gasteiger partial charge in [-0.2, -0.15) is 0 Å². The molecule has 0 bridgehead atoms. The molecule has 0 aromatic heterocycles. The molecule has 2 rings (SSSR count). The maximum absolute atomic E-state index is 13.1. The van der Waals surface area contributed by atoms with E-state index in [1.807, 2.05) is 0 Å². The van der Waals surface area contributed by atoms with Gasteiger partial charge in [-0.3, -0.25) is 4.79 Å². The summed E-state index contributed by atoms with van der Waals surface area (Å²) in [6.45, 7) is 0. The summed E-state index contributed by atoms with van der Waals surface area (Å²) in [5, 5.41) is 2.82. The Balaban J connectivity index is 2.13. The van der Waals surface area contributed by atoms with E-state index in [2.05, 4.69) is 5.32 Å². The molecule has 3 N–H and O–H groups in total. The normalized spacial score (nSPS) is 15.8. The number of amides is 1. The van der Waals surface area contributed by atoms with Crippen LogP contribution in [-0.2, 0) is 0 Å². The zero-order valence-corrected chi connectivity index (χ0v) is 8.29. The van der Waals surface area contributed by atoms with Crippen molar-refractivity contribution in [1.82, 2.24) is 5.32 Å². The molecule has 0 saturated heterocycles. The highest BCUT2D eigenvalue weighted by atomic mass is 19.1. The summed E-state index contributed by atoms with van der Waals surface area (Å²) in [5.41, 5.74) is 5.63. The third-order valence-corrected chi connectivity index (χ3v) is 2.74. The molecule has 0 radical (unpaired) electrons. The highest BCUT2D eigenvalue weighted by molar-refractivity contribution is 5.99. The van der Waals surface area contributed by atoms with Gasteiger partial charge in [-0.15, -0.1) is 0 Å². The van der Waals surface area contributed by atoms with Gasteiger partial charge in [-0.05, 0) is 31.4 Å². The Bertz CT molecular complexity index is 388. The number of nitrogen functional groups attached to an aromatic ring is 1. The summed E-state index contributed by atoms with van der Waals surface area (Å²) in [6, 6.07) is 4.50. The van der Waals surface area contributed by atoms with Gasteiger partial charge in [-0.1, -0.05) is 6.07 Å². The number of rotatable bonds is 2. The zero-order chi connectivity index (χ0) is 10.8. The molecule has 80 valence electrons. The fourth-order valence-electron chi connectivity index (χ4n) is 1.55. The molecule has 3 nitrogen and oxygen atoms in total. The van der Waals surface area contributed by atoms with E-state index in [4.69, 9.17) is 5.73 Å². The Hall–Kier alpha value is -1.58. The molecule has 1 fully saturated rings. The molecular formula is C11H13FN2O. The average Bonchev–Trinajstić information content (AvgIpc) is 2.15. The lowest BCUT2D eigenvalue weighted by atomic mass is 9.93. The summed E-state index contributed by atoms with van der Waals surface area (Å²) >= 11 is 0. The van der Waals surface area contributed by atoms with Crippen LogP contribution in [0.1, 0.15) is 29.6 Å². The van der Waals surface area contributed by atoms with Crippen molar-refractivity contribution >= 4 is 11.6 Å². The van der Waals surface area contributed by atoms with E-state index in [0.717, 1.165) is 19.3 Å². The Labute approximate surface area is 87.5 Å². The van der Waals surface area contributed by atoms with Crippen molar-refractivity contribution in [2.24, 2.45) is 0 Å². The molecule has 1 aromatic carbocycles. The number of halogens is 1. The van der Waals surface area contributed by atoms with Crippen LogP contribution in [0.25, 0.3) is 0 Å². The second-order valence-corrected chi connectivity index (χ2v) is 3.80. The highest BCUT2D eigenvalue weighted by Crippen LogP contribution is 2.20. The van der Waals surface area contributed by atoms with Gasteiger partial charge in [0.2, 0.25) is 0 Å². The number of carbonyl (C=O) groups excluding carboxylic acids is 1. The molecule has 0 spiro atoms. The van der Waals surface area contributed by atoms with Crippen LogP contribution >= 0.6 is 0 Å². The lowest BCUT2D eigenvalue weighted by Crippen LogP contribution is -2.39. The van der Waals surface area contributed by atoms with Gasteiger partial charge in [0.25, 0.3) is 5.91 Å². The fraction of sp³-hybridized carbons (Fsp3) is 0.364. The molecule has 1 aliphatic rings. The second kappa shape index (κ2) is 3.88. The Kier molecular flexibility index (Phi) is 2.58. The van der Waals surface area contributed by atoms with Gasteiger partial charge in [0.05, 0.1) is 11.3 Å². The summed E-state index contributed by atoms with van der Waals surface area (Å²) in [7, 11) is 0. The topological polar surface area (TPSA) is 55.1 Å². The van der Waals surface area contributed by atoms with Crippen molar-refractivity contribution in [3.63, 3.8) is 0 Å². The first-order chi connectivity index (χ1) is 7.18. The van der Waals surface area contributed by atoms with Crippen LogP contribution in [0.2, 0.25) is 0 Å². The Morgan fingerprint density at radius 3 is 2.80 bits per heavy atom. The van der Waals surface area contributed by atoms with E-state index in [-0.39, 0.29) is 23.2 Å². The first-order valence-electron chi connectivity index (χ1n) is 5.03. The van der Waals surface area contributed by atoms with Gasteiger partial charge in [0, 0.05) is 6.04 Å². The number of anilines is 1. The molecular weight excluding hydrogens is 195 g/mol.